The zero-order valence-electron chi connectivity index (χ0n) is 16.0. The van der Waals surface area contributed by atoms with Gasteiger partial charge in [-0.05, 0) is 36.4 Å². The summed E-state index contributed by atoms with van der Waals surface area (Å²) in [4.78, 5) is 2.03. The van der Waals surface area contributed by atoms with Gasteiger partial charge in [0.25, 0.3) is 0 Å². The van der Waals surface area contributed by atoms with E-state index in [1.165, 1.54) is 41.7 Å². The minimum Gasteiger partial charge on any atom is -0.497 e. The Labute approximate surface area is 170 Å². The third-order valence-electron chi connectivity index (χ3n) is 4.84. The molecule has 0 spiro atoms. The predicted octanol–water partition coefficient (Wildman–Crippen LogP) is 1.61. The Balaban J connectivity index is 1.58. The molecule has 0 saturated carbocycles. The van der Waals surface area contributed by atoms with Crippen molar-refractivity contribution in [3.63, 3.8) is 0 Å². The number of methoxy groups -OCH3 is 1. The highest BCUT2D eigenvalue weighted by Gasteiger charge is 2.29. The van der Waals surface area contributed by atoms with Crippen LogP contribution in [0.1, 0.15) is 0 Å². The van der Waals surface area contributed by atoms with E-state index in [2.05, 4.69) is 0 Å². The molecule has 10 heteroatoms. The Bertz CT molecular complexity index is 1070. The maximum absolute atomic E-state index is 13.4. The van der Waals surface area contributed by atoms with Gasteiger partial charge in [-0.1, -0.05) is 12.1 Å². The highest BCUT2D eigenvalue weighted by Crippen LogP contribution is 2.20. The summed E-state index contributed by atoms with van der Waals surface area (Å²) >= 11 is 0. The van der Waals surface area contributed by atoms with Crippen molar-refractivity contribution in [2.75, 3.05) is 45.6 Å². The SMILES string of the molecule is COc1cccc(S(=O)(=O)CCN2CCN(S(=O)(=O)c3cccc(F)c3)CC2)c1. The second-order valence-electron chi connectivity index (χ2n) is 6.70. The summed E-state index contributed by atoms with van der Waals surface area (Å²) in [6.45, 7) is 1.55. The number of nitrogens with zero attached hydrogens (tertiary/aromatic N) is 2. The first kappa shape index (κ1) is 21.7. The minimum absolute atomic E-state index is 0.0726. The van der Waals surface area contributed by atoms with Gasteiger partial charge in [-0.25, -0.2) is 21.2 Å². The molecule has 0 radical (unpaired) electrons. The van der Waals surface area contributed by atoms with Gasteiger partial charge in [-0.15, -0.1) is 0 Å². The zero-order valence-corrected chi connectivity index (χ0v) is 17.6. The second kappa shape index (κ2) is 8.78. The van der Waals surface area contributed by atoms with Crippen molar-refractivity contribution in [2.24, 2.45) is 0 Å². The monoisotopic (exact) mass is 442 g/mol. The van der Waals surface area contributed by atoms with E-state index in [1.54, 1.807) is 12.1 Å². The van der Waals surface area contributed by atoms with Crippen LogP contribution in [0.5, 0.6) is 5.75 Å². The molecule has 1 fully saturated rings. The van der Waals surface area contributed by atoms with E-state index in [-0.39, 0.29) is 28.6 Å². The molecule has 158 valence electrons. The van der Waals surface area contributed by atoms with Crippen molar-refractivity contribution >= 4 is 19.9 Å². The molecule has 2 aromatic carbocycles. The van der Waals surface area contributed by atoms with Crippen LogP contribution in [0.2, 0.25) is 0 Å². The number of benzene rings is 2. The summed E-state index contributed by atoms with van der Waals surface area (Å²) in [7, 11) is -5.77. The summed E-state index contributed by atoms with van der Waals surface area (Å²) in [6, 6.07) is 11.2. The summed E-state index contributed by atoms with van der Waals surface area (Å²) in [6.07, 6.45) is 0. The number of hydrogen-bond donors (Lipinski definition) is 0. The predicted molar refractivity (Wildman–Crippen MR) is 107 cm³/mol. The first-order valence-electron chi connectivity index (χ1n) is 9.07. The molecule has 0 unspecified atom stereocenters. The van der Waals surface area contributed by atoms with Crippen LogP contribution in [-0.4, -0.2) is 71.6 Å². The van der Waals surface area contributed by atoms with Gasteiger partial charge in [0.2, 0.25) is 10.0 Å². The average molecular weight is 443 g/mol. The third-order valence-corrected chi connectivity index (χ3v) is 8.43. The quantitative estimate of drug-likeness (QED) is 0.648. The number of halogens is 1. The first-order chi connectivity index (χ1) is 13.7. The van der Waals surface area contributed by atoms with Gasteiger partial charge >= 0.3 is 0 Å². The molecule has 1 aliphatic rings. The van der Waals surface area contributed by atoms with E-state index in [1.807, 2.05) is 4.90 Å². The molecular weight excluding hydrogens is 419 g/mol. The van der Waals surface area contributed by atoms with Crippen LogP contribution < -0.4 is 4.74 Å². The Morgan fingerprint density at radius 1 is 0.931 bits per heavy atom. The first-order valence-corrected chi connectivity index (χ1v) is 12.2. The molecular formula is C19H23FN2O5S2. The lowest BCUT2D eigenvalue weighted by molar-refractivity contribution is 0.197. The topological polar surface area (TPSA) is 84.0 Å². The zero-order chi connectivity index (χ0) is 21.1. The van der Waals surface area contributed by atoms with Crippen LogP contribution in [-0.2, 0) is 19.9 Å². The van der Waals surface area contributed by atoms with Gasteiger partial charge in [0.05, 0.1) is 22.7 Å². The summed E-state index contributed by atoms with van der Waals surface area (Å²) in [5.41, 5.74) is 0. The van der Waals surface area contributed by atoms with Crippen LogP contribution in [0.15, 0.2) is 58.3 Å². The number of hydrogen-bond acceptors (Lipinski definition) is 6. The second-order valence-corrected chi connectivity index (χ2v) is 10.7. The third kappa shape index (κ3) is 5.13. The molecule has 1 heterocycles. The van der Waals surface area contributed by atoms with Crippen LogP contribution >= 0.6 is 0 Å². The van der Waals surface area contributed by atoms with Gasteiger partial charge in [0.15, 0.2) is 9.84 Å². The summed E-state index contributed by atoms with van der Waals surface area (Å²) < 4.78 is 70.1. The van der Waals surface area contributed by atoms with E-state index in [0.717, 1.165) is 6.07 Å². The summed E-state index contributed by atoms with van der Waals surface area (Å²) in [5, 5.41) is 0. The van der Waals surface area contributed by atoms with E-state index < -0.39 is 25.7 Å². The molecule has 0 N–H and O–H groups in total. The number of sulfone groups is 1. The van der Waals surface area contributed by atoms with Crippen LogP contribution in [0, 0.1) is 5.82 Å². The van der Waals surface area contributed by atoms with Gasteiger partial charge in [0, 0.05) is 32.7 Å². The lowest BCUT2D eigenvalue weighted by Crippen LogP contribution is -2.49. The van der Waals surface area contributed by atoms with Crippen LogP contribution in [0.3, 0.4) is 0 Å². The lowest BCUT2D eigenvalue weighted by atomic mass is 10.3. The molecule has 1 aliphatic heterocycles. The standard InChI is InChI=1S/C19H23FN2O5S2/c1-27-17-5-3-6-18(15-17)28(23,24)13-12-21-8-10-22(11-9-21)29(25,26)19-7-2-4-16(20)14-19/h2-7,14-15H,8-13H2,1H3. The fraction of sp³-hybridized carbons (Fsp3) is 0.368. The number of piperazine rings is 1. The average Bonchev–Trinajstić information content (AvgIpc) is 2.72. The van der Waals surface area contributed by atoms with E-state index in [4.69, 9.17) is 4.74 Å². The van der Waals surface area contributed by atoms with Crippen molar-refractivity contribution in [1.29, 1.82) is 0 Å². The minimum atomic E-state index is -3.77. The fourth-order valence-electron chi connectivity index (χ4n) is 3.13. The normalized spacial score (nSPS) is 16.6. The molecule has 0 bridgehead atoms. The Kier molecular flexibility index (Phi) is 6.57. The van der Waals surface area contributed by atoms with Crippen molar-refractivity contribution in [2.45, 2.75) is 9.79 Å². The molecule has 7 nitrogen and oxygen atoms in total. The van der Waals surface area contributed by atoms with Crippen molar-refractivity contribution in [3.05, 3.63) is 54.3 Å². The molecule has 0 aromatic heterocycles. The van der Waals surface area contributed by atoms with Crippen molar-refractivity contribution < 1.29 is 26.0 Å². The molecule has 1 saturated heterocycles. The van der Waals surface area contributed by atoms with Gasteiger partial charge in [0.1, 0.15) is 11.6 Å². The molecule has 0 atom stereocenters. The van der Waals surface area contributed by atoms with Gasteiger partial charge in [-0.3, -0.25) is 4.90 Å². The van der Waals surface area contributed by atoms with Gasteiger partial charge in [-0.2, -0.15) is 4.31 Å². The molecule has 3 rings (SSSR count). The smallest absolute Gasteiger partial charge is 0.243 e. The van der Waals surface area contributed by atoms with Crippen molar-refractivity contribution in [3.8, 4) is 5.75 Å². The van der Waals surface area contributed by atoms with Crippen LogP contribution in [0.4, 0.5) is 4.39 Å². The Morgan fingerprint density at radius 2 is 1.59 bits per heavy atom. The fourth-order valence-corrected chi connectivity index (χ4v) is 5.90. The lowest BCUT2D eigenvalue weighted by Gasteiger charge is -2.33. The molecule has 0 aliphatic carbocycles. The number of ether oxygens (including phenoxy) is 1. The molecule has 0 amide bonds. The molecule has 2 aromatic rings. The van der Waals surface area contributed by atoms with Crippen LogP contribution in [0.25, 0.3) is 0 Å². The van der Waals surface area contributed by atoms with E-state index >= 15 is 0 Å². The Morgan fingerprint density at radius 3 is 2.24 bits per heavy atom. The highest BCUT2D eigenvalue weighted by atomic mass is 32.2. The van der Waals surface area contributed by atoms with E-state index in [0.29, 0.717) is 25.4 Å². The van der Waals surface area contributed by atoms with E-state index in [9.17, 15) is 21.2 Å². The maximum Gasteiger partial charge on any atom is 0.243 e. The maximum atomic E-state index is 13.4. The summed E-state index contributed by atoms with van der Waals surface area (Å²) in [5.74, 6) is -0.203. The Hall–Kier alpha value is -2.01. The largest absolute Gasteiger partial charge is 0.497 e. The number of rotatable bonds is 7. The van der Waals surface area contributed by atoms with Gasteiger partial charge < -0.3 is 4.74 Å². The number of sulfonamides is 1. The highest BCUT2D eigenvalue weighted by molar-refractivity contribution is 7.91. The molecule has 29 heavy (non-hydrogen) atoms. The van der Waals surface area contributed by atoms with Crippen molar-refractivity contribution in [1.82, 2.24) is 9.21 Å².